The summed E-state index contributed by atoms with van der Waals surface area (Å²) in [5, 5.41) is 2.84. The summed E-state index contributed by atoms with van der Waals surface area (Å²) in [6, 6.07) is 14.2. The molecule has 32 heavy (non-hydrogen) atoms. The van der Waals surface area contributed by atoms with Crippen molar-refractivity contribution in [1.29, 1.82) is 0 Å². The van der Waals surface area contributed by atoms with E-state index in [-0.39, 0.29) is 23.4 Å². The number of rotatable bonds is 7. The minimum atomic E-state index is -4.82. The third-order valence-corrected chi connectivity index (χ3v) is 4.55. The largest absolute Gasteiger partial charge is 0.573 e. The molecule has 0 saturated carbocycles. The van der Waals surface area contributed by atoms with Crippen molar-refractivity contribution >= 4 is 11.7 Å². The van der Waals surface area contributed by atoms with Gasteiger partial charge in [-0.3, -0.25) is 19.7 Å². The Kier molecular flexibility index (Phi) is 6.82. The number of esters is 1. The van der Waals surface area contributed by atoms with Gasteiger partial charge in [0, 0.05) is 5.71 Å². The first kappa shape index (κ1) is 22.9. The lowest BCUT2D eigenvalue weighted by atomic mass is 10.1. The molecule has 10 heteroatoms. The summed E-state index contributed by atoms with van der Waals surface area (Å²) in [6.07, 6.45) is -5.03. The fourth-order valence-electron chi connectivity index (χ4n) is 3.05. The van der Waals surface area contributed by atoms with Gasteiger partial charge in [-0.1, -0.05) is 30.3 Å². The van der Waals surface area contributed by atoms with Crippen molar-refractivity contribution in [3.63, 3.8) is 0 Å². The molecule has 0 saturated heterocycles. The molecule has 1 heterocycles. The number of methoxy groups -OCH3 is 1. The number of benzene rings is 2. The fourth-order valence-corrected chi connectivity index (χ4v) is 3.05. The number of aromatic nitrogens is 2. The van der Waals surface area contributed by atoms with Crippen molar-refractivity contribution < 1.29 is 27.4 Å². The molecule has 0 aliphatic rings. The second kappa shape index (κ2) is 9.54. The van der Waals surface area contributed by atoms with Gasteiger partial charge in [-0.05, 0) is 36.8 Å². The molecule has 0 amide bonds. The van der Waals surface area contributed by atoms with Gasteiger partial charge in [0.05, 0.1) is 37.0 Å². The molecule has 168 valence electrons. The number of hydrogen-bond donors (Lipinski definition) is 1. The molecule has 3 aromatic rings. The average Bonchev–Trinajstić information content (AvgIpc) is 3.07. The van der Waals surface area contributed by atoms with E-state index in [0.29, 0.717) is 12.3 Å². The van der Waals surface area contributed by atoms with Gasteiger partial charge in [0.15, 0.2) is 0 Å². The minimum absolute atomic E-state index is 0.196. The van der Waals surface area contributed by atoms with E-state index in [9.17, 15) is 22.8 Å². The number of halogens is 3. The number of carbonyl (C=O) groups excluding carboxylic acids is 1. The van der Waals surface area contributed by atoms with Gasteiger partial charge in [0.2, 0.25) is 0 Å². The molecule has 0 aliphatic heterocycles. The molecule has 0 fully saturated rings. The van der Waals surface area contributed by atoms with E-state index < -0.39 is 23.6 Å². The number of H-pyrrole nitrogens is 1. The second-order valence-electron chi connectivity index (χ2n) is 6.79. The van der Waals surface area contributed by atoms with Crippen LogP contribution in [0.4, 0.5) is 13.2 Å². The highest BCUT2D eigenvalue weighted by Gasteiger charge is 2.31. The number of nitrogens with one attached hydrogen (secondary N) is 1. The highest BCUT2D eigenvalue weighted by Crippen LogP contribution is 2.23. The summed E-state index contributed by atoms with van der Waals surface area (Å²) >= 11 is 0. The Labute approximate surface area is 181 Å². The van der Waals surface area contributed by atoms with Crippen molar-refractivity contribution in [2.45, 2.75) is 26.3 Å². The van der Waals surface area contributed by atoms with Crippen LogP contribution in [0.5, 0.6) is 5.75 Å². The lowest BCUT2D eigenvalue weighted by molar-refractivity contribution is -0.274. The number of aliphatic imine (C=N–C) groups is 1. The first-order chi connectivity index (χ1) is 15.2. The van der Waals surface area contributed by atoms with Crippen molar-refractivity contribution in [1.82, 2.24) is 9.78 Å². The van der Waals surface area contributed by atoms with Gasteiger partial charge in [0.25, 0.3) is 5.56 Å². The van der Waals surface area contributed by atoms with Crippen LogP contribution in [0.2, 0.25) is 0 Å². The Morgan fingerprint density at radius 1 is 1.09 bits per heavy atom. The molecule has 0 bridgehead atoms. The van der Waals surface area contributed by atoms with Crippen LogP contribution in [0.15, 0.2) is 64.4 Å². The number of hydrogen-bond acceptors (Lipinski definition) is 5. The topological polar surface area (TPSA) is 85.7 Å². The molecule has 0 aliphatic carbocycles. The smallest absolute Gasteiger partial charge is 0.469 e. The summed E-state index contributed by atoms with van der Waals surface area (Å²) in [5.74, 6) is -0.985. The van der Waals surface area contributed by atoms with Gasteiger partial charge >= 0.3 is 12.3 Å². The summed E-state index contributed by atoms with van der Waals surface area (Å²) in [4.78, 5) is 29.4. The molecule has 0 radical (unpaired) electrons. The van der Waals surface area contributed by atoms with Crippen molar-refractivity contribution in [3.8, 4) is 11.4 Å². The van der Waals surface area contributed by atoms with E-state index in [0.717, 1.165) is 22.4 Å². The Hall–Kier alpha value is -3.82. The molecule has 7 nitrogen and oxygen atoms in total. The van der Waals surface area contributed by atoms with E-state index in [1.165, 1.54) is 19.2 Å². The fraction of sp³-hybridized carbons (Fsp3) is 0.227. The van der Waals surface area contributed by atoms with E-state index >= 15 is 0 Å². The first-order valence-electron chi connectivity index (χ1n) is 9.50. The van der Waals surface area contributed by atoms with Crippen LogP contribution in [-0.4, -0.2) is 34.9 Å². The predicted molar refractivity (Wildman–Crippen MR) is 111 cm³/mol. The van der Waals surface area contributed by atoms with Gasteiger partial charge in [-0.25, -0.2) is 4.68 Å². The highest BCUT2D eigenvalue weighted by atomic mass is 19.4. The standard InChI is InChI=1S/C22H20F3N3O4/c1-14(26-13-15-6-4-3-5-7-15)20-18(12-19(29)31-2)27-28(21(20)30)16-8-10-17(11-9-16)32-22(23,24)25/h3-11,27H,12-13H2,1-2H3. The number of ether oxygens (including phenoxy) is 2. The van der Waals surface area contributed by atoms with Crippen LogP contribution in [0.25, 0.3) is 5.69 Å². The Morgan fingerprint density at radius 3 is 2.34 bits per heavy atom. The lowest BCUT2D eigenvalue weighted by Gasteiger charge is -2.09. The molecule has 2 aromatic carbocycles. The van der Waals surface area contributed by atoms with E-state index in [4.69, 9.17) is 4.74 Å². The Bertz CT molecular complexity index is 1160. The number of nitrogens with zero attached hydrogens (tertiary/aromatic N) is 2. The SMILES string of the molecule is COC(=O)Cc1[nH]n(-c2ccc(OC(F)(F)F)cc2)c(=O)c1C(C)=NCc1ccccc1. The molecule has 0 unspecified atom stereocenters. The summed E-state index contributed by atoms with van der Waals surface area (Å²) < 4.78 is 46.8. The normalized spacial score (nSPS) is 12.0. The zero-order valence-corrected chi connectivity index (χ0v) is 17.3. The summed E-state index contributed by atoms with van der Waals surface area (Å²) in [6.45, 7) is 1.98. The zero-order chi connectivity index (χ0) is 23.3. The number of aromatic amines is 1. The van der Waals surface area contributed by atoms with Gasteiger partial charge in [-0.2, -0.15) is 0 Å². The lowest BCUT2D eigenvalue weighted by Crippen LogP contribution is -2.20. The molecule has 3 rings (SSSR count). The predicted octanol–water partition coefficient (Wildman–Crippen LogP) is 3.79. The van der Waals surface area contributed by atoms with Crippen LogP contribution < -0.4 is 10.3 Å². The average molecular weight is 447 g/mol. The molecular weight excluding hydrogens is 427 g/mol. The van der Waals surface area contributed by atoms with E-state index in [1.807, 2.05) is 30.3 Å². The monoisotopic (exact) mass is 447 g/mol. The number of carbonyl (C=O) groups is 1. The molecule has 0 atom stereocenters. The maximum atomic E-state index is 13.1. The molecular formula is C22H20F3N3O4. The van der Waals surface area contributed by atoms with Gasteiger partial charge in [-0.15, -0.1) is 13.2 Å². The maximum absolute atomic E-state index is 13.1. The van der Waals surface area contributed by atoms with Crippen LogP contribution in [-0.2, 0) is 22.5 Å². The maximum Gasteiger partial charge on any atom is 0.573 e. The number of alkyl halides is 3. The summed E-state index contributed by atoms with van der Waals surface area (Å²) in [7, 11) is 1.23. The van der Waals surface area contributed by atoms with Crippen molar-refractivity contribution in [3.05, 3.63) is 81.8 Å². The molecule has 1 N–H and O–H groups in total. The first-order valence-corrected chi connectivity index (χ1v) is 9.50. The van der Waals surface area contributed by atoms with Crippen molar-refractivity contribution in [2.24, 2.45) is 4.99 Å². The summed E-state index contributed by atoms with van der Waals surface area (Å²) in [5.41, 5.74) is 1.59. The third kappa shape index (κ3) is 5.65. The Morgan fingerprint density at radius 2 is 1.75 bits per heavy atom. The van der Waals surface area contributed by atoms with Crippen LogP contribution in [0, 0.1) is 0 Å². The Balaban J connectivity index is 1.98. The van der Waals surface area contributed by atoms with Gasteiger partial charge < -0.3 is 9.47 Å². The molecule has 0 spiro atoms. The third-order valence-electron chi connectivity index (χ3n) is 4.55. The van der Waals surface area contributed by atoms with E-state index in [1.54, 1.807) is 6.92 Å². The second-order valence-corrected chi connectivity index (χ2v) is 6.79. The quantitative estimate of drug-likeness (QED) is 0.441. The zero-order valence-electron chi connectivity index (χ0n) is 17.3. The molecule has 1 aromatic heterocycles. The van der Waals surface area contributed by atoms with Crippen molar-refractivity contribution in [2.75, 3.05) is 7.11 Å². The van der Waals surface area contributed by atoms with Crippen LogP contribution >= 0.6 is 0 Å². The highest BCUT2D eigenvalue weighted by molar-refractivity contribution is 6.00. The van der Waals surface area contributed by atoms with Gasteiger partial charge in [0.1, 0.15) is 5.75 Å². The minimum Gasteiger partial charge on any atom is -0.469 e. The van der Waals surface area contributed by atoms with Crippen LogP contribution in [0.3, 0.4) is 0 Å². The van der Waals surface area contributed by atoms with E-state index in [2.05, 4.69) is 14.8 Å². The van der Waals surface area contributed by atoms with Crippen LogP contribution in [0.1, 0.15) is 23.7 Å².